The standard InChI is InChI=1S/C11H15N3/c1-8(2)7-12-11-6-9-4-3-5-10(9)13-14-11/h6H,1,3-5,7H2,2H3,(H,12,14). The molecule has 2 rings (SSSR count). The molecule has 1 N–H and O–H groups in total. The minimum Gasteiger partial charge on any atom is -0.365 e. The molecule has 14 heavy (non-hydrogen) atoms. The van der Waals surface area contributed by atoms with Crippen molar-refractivity contribution in [2.24, 2.45) is 0 Å². The first-order chi connectivity index (χ1) is 6.75. The number of rotatable bonds is 3. The molecule has 74 valence electrons. The van der Waals surface area contributed by atoms with Gasteiger partial charge < -0.3 is 5.32 Å². The number of anilines is 1. The number of nitrogens with one attached hydrogen (secondary N) is 1. The van der Waals surface area contributed by atoms with Crippen LogP contribution in [0.1, 0.15) is 24.6 Å². The largest absolute Gasteiger partial charge is 0.365 e. The maximum absolute atomic E-state index is 4.19. The molecule has 1 aliphatic rings. The van der Waals surface area contributed by atoms with Crippen molar-refractivity contribution in [3.8, 4) is 0 Å². The fraction of sp³-hybridized carbons (Fsp3) is 0.455. The summed E-state index contributed by atoms with van der Waals surface area (Å²) in [4.78, 5) is 0. The zero-order valence-electron chi connectivity index (χ0n) is 8.51. The number of hydrogen-bond donors (Lipinski definition) is 1. The van der Waals surface area contributed by atoms with Gasteiger partial charge in [0.05, 0.1) is 5.69 Å². The number of hydrogen-bond acceptors (Lipinski definition) is 3. The van der Waals surface area contributed by atoms with Crippen molar-refractivity contribution in [3.63, 3.8) is 0 Å². The lowest BCUT2D eigenvalue weighted by Gasteiger charge is -2.05. The van der Waals surface area contributed by atoms with Gasteiger partial charge in [-0.1, -0.05) is 12.2 Å². The van der Waals surface area contributed by atoms with Crippen LogP contribution >= 0.6 is 0 Å². The summed E-state index contributed by atoms with van der Waals surface area (Å²) in [6.45, 7) is 6.60. The van der Waals surface area contributed by atoms with Gasteiger partial charge in [0.2, 0.25) is 0 Å². The van der Waals surface area contributed by atoms with Crippen LogP contribution in [0.25, 0.3) is 0 Å². The minimum atomic E-state index is 0.771. The maximum atomic E-state index is 4.19. The van der Waals surface area contributed by atoms with E-state index in [0.29, 0.717) is 0 Å². The average molecular weight is 189 g/mol. The van der Waals surface area contributed by atoms with Gasteiger partial charge in [0.1, 0.15) is 5.82 Å². The Balaban J connectivity index is 2.09. The molecule has 1 aliphatic carbocycles. The smallest absolute Gasteiger partial charge is 0.149 e. The molecule has 3 nitrogen and oxygen atoms in total. The van der Waals surface area contributed by atoms with E-state index < -0.39 is 0 Å². The van der Waals surface area contributed by atoms with Crippen molar-refractivity contribution in [1.82, 2.24) is 10.2 Å². The summed E-state index contributed by atoms with van der Waals surface area (Å²) in [5.74, 6) is 0.869. The molecular formula is C11H15N3. The summed E-state index contributed by atoms with van der Waals surface area (Å²) < 4.78 is 0. The Morgan fingerprint density at radius 3 is 3.14 bits per heavy atom. The summed E-state index contributed by atoms with van der Waals surface area (Å²) in [6, 6.07) is 2.11. The summed E-state index contributed by atoms with van der Waals surface area (Å²) in [5.41, 5.74) is 3.63. The van der Waals surface area contributed by atoms with Gasteiger partial charge in [-0.05, 0) is 37.8 Å². The van der Waals surface area contributed by atoms with Crippen LogP contribution in [0.5, 0.6) is 0 Å². The highest BCUT2D eigenvalue weighted by Gasteiger charge is 2.12. The van der Waals surface area contributed by atoms with Gasteiger partial charge in [-0.25, -0.2) is 0 Å². The van der Waals surface area contributed by atoms with Gasteiger partial charge in [-0.15, -0.1) is 5.10 Å². The van der Waals surface area contributed by atoms with E-state index in [-0.39, 0.29) is 0 Å². The van der Waals surface area contributed by atoms with Gasteiger partial charge in [-0.2, -0.15) is 5.10 Å². The van der Waals surface area contributed by atoms with Crippen LogP contribution in [0.15, 0.2) is 18.2 Å². The first kappa shape index (κ1) is 9.19. The first-order valence-corrected chi connectivity index (χ1v) is 4.99. The fourth-order valence-electron chi connectivity index (χ4n) is 1.66. The van der Waals surface area contributed by atoms with Crippen molar-refractivity contribution < 1.29 is 0 Å². The monoisotopic (exact) mass is 189 g/mol. The quantitative estimate of drug-likeness (QED) is 0.738. The Morgan fingerprint density at radius 2 is 2.36 bits per heavy atom. The van der Waals surface area contributed by atoms with Crippen LogP contribution in [-0.2, 0) is 12.8 Å². The predicted octanol–water partition coefficient (Wildman–Crippen LogP) is 1.95. The van der Waals surface area contributed by atoms with Crippen LogP contribution in [-0.4, -0.2) is 16.7 Å². The van der Waals surface area contributed by atoms with Gasteiger partial charge in [0.25, 0.3) is 0 Å². The van der Waals surface area contributed by atoms with Crippen molar-refractivity contribution in [2.75, 3.05) is 11.9 Å². The molecule has 1 aromatic rings. The number of aryl methyl sites for hydroxylation is 2. The second-order valence-electron chi connectivity index (χ2n) is 3.87. The van der Waals surface area contributed by atoms with Crippen LogP contribution in [0.4, 0.5) is 5.82 Å². The van der Waals surface area contributed by atoms with E-state index in [9.17, 15) is 0 Å². The van der Waals surface area contributed by atoms with E-state index in [1.807, 2.05) is 6.92 Å². The average Bonchev–Trinajstić information content (AvgIpc) is 2.61. The second kappa shape index (κ2) is 3.78. The third kappa shape index (κ3) is 1.92. The number of aromatic nitrogens is 2. The molecule has 0 saturated heterocycles. The molecule has 1 aromatic heterocycles. The van der Waals surface area contributed by atoms with Gasteiger partial charge in [0.15, 0.2) is 0 Å². The summed E-state index contributed by atoms with van der Waals surface area (Å²) in [7, 11) is 0. The van der Waals surface area contributed by atoms with E-state index in [1.54, 1.807) is 0 Å². The second-order valence-corrected chi connectivity index (χ2v) is 3.87. The van der Waals surface area contributed by atoms with Crippen molar-refractivity contribution in [3.05, 3.63) is 29.5 Å². The summed E-state index contributed by atoms with van der Waals surface area (Å²) >= 11 is 0. The zero-order valence-corrected chi connectivity index (χ0v) is 8.51. The maximum Gasteiger partial charge on any atom is 0.149 e. The van der Waals surface area contributed by atoms with E-state index >= 15 is 0 Å². The molecule has 0 amide bonds. The topological polar surface area (TPSA) is 37.8 Å². The van der Waals surface area contributed by atoms with Crippen molar-refractivity contribution >= 4 is 5.82 Å². The van der Waals surface area contributed by atoms with Gasteiger partial charge >= 0.3 is 0 Å². The Kier molecular flexibility index (Phi) is 2.48. The molecule has 0 radical (unpaired) electrons. The van der Waals surface area contributed by atoms with Crippen molar-refractivity contribution in [2.45, 2.75) is 26.2 Å². The predicted molar refractivity (Wildman–Crippen MR) is 57.4 cm³/mol. The van der Waals surface area contributed by atoms with Crippen LogP contribution < -0.4 is 5.32 Å². The lowest BCUT2D eigenvalue weighted by atomic mass is 10.2. The molecule has 0 saturated carbocycles. The zero-order chi connectivity index (χ0) is 9.97. The molecule has 0 fully saturated rings. The SMILES string of the molecule is C=C(C)CNc1cc2c(nn1)CCC2. The molecule has 0 atom stereocenters. The van der Waals surface area contributed by atoms with Crippen molar-refractivity contribution in [1.29, 1.82) is 0 Å². The third-order valence-corrected chi connectivity index (χ3v) is 2.39. The van der Waals surface area contributed by atoms with E-state index in [0.717, 1.165) is 30.8 Å². The van der Waals surface area contributed by atoms with Gasteiger partial charge in [-0.3, -0.25) is 0 Å². The molecular weight excluding hydrogens is 174 g/mol. The normalized spacial score (nSPS) is 13.8. The number of fused-ring (bicyclic) bond motifs is 1. The van der Waals surface area contributed by atoms with Crippen LogP contribution in [0.3, 0.4) is 0 Å². The highest BCUT2D eigenvalue weighted by Crippen LogP contribution is 2.20. The molecule has 3 heteroatoms. The van der Waals surface area contributed by atoms with E-state index in [1.165, 1.54) is 17.7 Å². The fourth-order valence-corrected chi connectivity index (χ4v) is 1.66. The Hall–Kier alpha value is -1.38. The van der Waals surface area contributed by atoms with E-state index in [4.69, 9.17) is 0 Å². The minimum absolute atomic E-state index is 0.771. The first-order valence-electron chi connectivity index (χ1n) is 4.99. The Morgan fingerprint density at radius 1 is 1.50 bits per heavy atom. The molecule has 1 heterocycles. The molecule has 0 aliphatic heterocycles. The Labute approximate surface area is 84.2 Å². The molecule has 0 spiro atoms. The van der Waals surface area contributed by atoms with Crippen LogP contribution in [0.2, 0.25) is 0 Å². The lowest BCUT2D eigenvalue weighted by Crippen LogP contribution is -2.05. The molecule has 0 bridgehead atoms. The Bertz CT molecular complexity index is 358. The highest BCUT2D eigenvalue weighted by molar-refractivity contribution is 5.40. The van der Waals surface area contributed by atoms with Crippen LogP contribution in [0, 0.1) is 0 Å². The van der Waals surface area contributed by atoms with Gasteiger partial charge in [0, 0.05) is 6.54 Å². The molecule has 0 aromatic carbocycles. The highest BCUT2D eigenvalue weighted by atomic mass is 15.2. The number of nitrogens with zero attached hydrogens (tertiary/aromatic N) is 2. The third-order valence-electron chi connectivity index (χ3n) is 2.39. The summed E-state index contributed by atoms with van der Waals surface area (Å²) in [5, 5.41) is 11.5. The lowest BCUT2D eigenvalue weighted by molar-refractivity contribution is 0.878. The molecule has 0 unspecified atom stereocenters. The summed E-state index contributed by atoms with van der Waals surface area (Å²) in [6.07, 6.45) is 3.45. The van der Waals surface area contributed by atoms with E-state index in [2.05, 4.69) is 28.2 Å².